The average Bonchev–Trinajstić information content (AvgIpc) is 3.48. The summed E-state index contributed by atoms with van der Waals surface area (Å²) in [6.45, 7) is 0. The van der Waals surface area contributed by atoms with Gasteiger partial charge in [0.15, 0.2) is 17.5 Å². The van der Waals surface area contributed by atoms with Gasteiger partial charge in [-0.2, -0.15) is 0 Å². The maximum atomic E-state index is 5.20. The van der Waals surface area contributed by atoms with Gasteiger partial charge in [-0.15, -0.1) is 0 Å². The van der Waals surface area contributed by atoms with Crippen LogP contribution in [0, 0.1) is 23.7 Å². The van der Waals surface area contributed by atoms with Crippen LogP contribution in [0.2, 0.25) is 0 Å². The fourth-order valence-electron chi connectivity index (χ4n) is 11.0. The van der Waals surface area contributed by atoms with E-state index in [4.69, 9.17) is 15.0 Å². The first kappa shape index (κ1) is 29.3. The lowest BCUT2D eigenvalue weighted by Gasteiger charge is -2.60. The predicted molar refractivity (Wildman–Crippen MR) is 207 cm³/mol. The molecule has 3 fully saturated rings. The molecular formula is C48H39N3. The summed E-state index contributed by atoms with van der Waals surface area (Å²) in [4.78, 5) is 15.4. The molecule has 1 spiro atoms. The molecule has 11 rings (SSSR count). The van der Waals surface area contributed by atoms with Gasteiger partial charge < -0.3 is 0 Å². The maximum absolute atomic E-state index is 5.20. The van der Waals surface area contributed by atoms with Crippen LogP contribution in [0.1, 0.15) is 49.7 Å². The molecule has 0 saturated heterocycles. The fraction of sp³-hybridized carbons (Fsp3) is 0.229. The summed E-state index contributed by atoms with van der Waals surface area (Å²) < 4.78 is 0. The number of hydrogen-bond donors (Lipinski definition) is 0. The Morgan fingerprint density at radius 1 is 0.471 bits per heavy atom. The zero-order valence-electron chi connectivity index (χ0n) is 28.7. The number of fused-ring (bicyclic) bond motifs is 6. The monoisotopic (exact) mass is 657 g/mol. The number of rotatable bonds is 4. The fourth-order valence-corrected chi connectivity index (χ4v) is 11.0. The molecule has 0 N–H and O–H groups in total. The van der Waals surface area contributed by atoms with Gasteiger partial charge >= 0.3 is 0 Å². The van der Waals surface area contributed by atoms with E-state index in [1.165, 1.54) is 71.6 Å². The minimum Gasteiger partial charge on any atom is -0.208 e. The standard InChI is InChI=1S/C48H39N3/c1-3-9-31(10-4-1)32-17-19-36(20-18-32)46-49-45(35-12-5-2-6-13-35)50-47(51-46)37-23-26-42-41(29-37)40-25-22-33-11-7-8-14-39(33)44(40)48(42)38-24-21-34-16-15-30(27-38)28-43(34)48/h1-14,17-20,22-23,25-26,29-30,34,38,43H,15-16,21,24,27-28H2. The predicted octanol–water partition coefficient (Wildman–Crippen LogP) is 11.8. The van der Waals surface area contributed by atoms with Gasteiger partial charge in [-0.05, 0) is 106 Å². The number of benzene rings is 6. The molecule has 3 nitrogen and oxygen atoms in total. The van der Waals surface area contributed by atoms with Gasteiger partial charge in [0, 0.05) is 22.1 Å². The second kappa shape index (κ2) is 11.3. The van der Waals surface area contributed by atoms with Crippen LogP contribution >= 0.6 is 0 Å². The maximum Gasteiger partial charge on any atom is 0.164 e. The van der Waals surface area contributed by atoms with E-state index in [2.05, 4.69) is 133 Å². The molecule has 3 bridgehead atoms. The summed E-state index contributed by atoms with van der Waals surface area (Å²) in [6, 6.07) is 50.6. The molecule has 1 aromatic heterocycles. The van der Waals surface area contributed by atoms with Crippen LogP contribution < -0.4 is 0 Å². The highest BCUT2D eigenvalue weighted by atomic mass is 15.0. The molecule has 7 aromatic rings. The highest BCUT2D eigenvalue weighted by molar-refractivity contribution is 5.98. The van der Waals surface area contributed by atoms with Crippen LogP contribution in [0.15, 0.2) is 140 Å². The molecule has 0 aliphatic heterocycles. The lowest BCUT2D eigenvalue weighted by molar-refractivity contribution is -0.0314. The highest BCUT2D eigenvalue weighted by Crippen LogP contribution is 2.69. The zero-order valence-corrected chi connectivity index (χ0v) is 28.7. The van der Waals surface area contributed by atoms with E-state index < -0.39 is 0 Å². The van der Waals surface area contributed by atoms with Crippen LogP contribution in [0.3, 0.4) is 0 Å². The highest BCUT2D eigenvalue weighted by Gasteiger charge is 2.61. The first-order valence-electron chi connectivity index (χ1n) is 18.9. The lowest BCUT2D eigenvalue weighted by atomic mass is 9.43. The van der Waals surface area contributed by atoms with E-state index in [1.54, 1.807) is 11.1 Å². The van der Waals surface area contributed by atoms with Gasteiger partial charge in [0.1, 0.15) is 0 Å². The Balaban J connectivity index is 1.10. The zero-order chi connectivity index (χ0) is 33.5. The van der Waals surface area contributed by atoms with Gasteiger partial charge in [-0.1, -0.05) is 140 Å². The van der Waals surface area contributed by atoms with Crippen LogP contribution in [0.25, 0.3) is 67.2 Å². The molecule has 0 amide bonds. The lowest BCUT2D eigenvalue weighted by Crippen LogP contribution is -2.55. The quantitative estimate of drug-likeness (QED) is 0.189. The van der Waals surface area contributed by atoms with E-state index >= 15 is 0 Å². The summed E-state index contributed by atoms with van der Waals surface area (Å²) in [5.41, 5.74) is 11.5. The molecule has 0 radical (unpaired) electrons. The van der Waals surface area contributed by atoms with Gasteiger partial charge in [0.2, 0.25) is 0 Å². The van der Waals surface area contributed by atoms with Crippen LogP contribution in [-0.4, -0.2) is 15.0 Å². The molecule has 4 aliphatic carbocycles. The van der Waals surface area contributed by atoms with Gasteiger partial charge in [-0.25, -0.2) is 15.0 Å². The smallest absolute Gasteiger partial charge is 0.164 e. The summed E-state index contributed by atoms with van der Waals surface area (Å²) >= 11 is 0. The molecule has 5 unspecified atom stereocenters. The van der Waals surface area contributed by atoms with Crippen molar-refractivity contribution in [2.24, 2.45) is 23.7 Å². The molecule has 246 valence electrons. The number of hydrogen-bond acceptors (Lipinski definition) is 3. The molecule has 3 heteroatoms. The van der Waals surface area contributed by atoms with Crippen LogP contribution in [0.4, 0.5) is 0 Å². The van der Waals surface area contributed by atoms with E-state index in [9.17, 15) is 0 Å². The Bertz CT molecular complexity index is 2450. The second-order valence-corrected chi connectivity index (χ2v) is 15.5. The Labute approximate surface area is 299 Å². The van der Waals surface area contributed by atoms with E-state index in [1.807, 2.05) is 6.07 Å². The summed E-state index contributed by atoms with van der Waals surface area (Å²) in [6.07, 6.45) is 8.34. The van der Waals surface area contributed by atoms with Crippen molar-refractivity contribution >= 4 is 10.8 Å². The molecular weight excluding hydrogens is 619 g/mol. The first-order valence-corrected chi connectivity index (χ1v) is 18.9. The molecule has 6 aromatic carbocycles. The molecule has 5 atom stereocenters. The van der Waals surface area contributed by atoms with Crippen LogP contribution in [-0.2, 0) is 5.41 Å². The minimum atomic E-state index is 0.0872. The van der Waals surface area contributed by atoms with Gasteiger partial charge in [0.25, 0.3) is 0 Å². The van der Waals surface area contributed by atoms with Crippen molar-refractivity contribution in [2.45, 2.75) is 43.9 Å². The average molecular weight is 658 g/mol. The third kappa shape index (κ3) is 4.40. The van der Waals surface area contributed by atoms with Crippen molar-refractivity contribution in [2.75, 3.05) is 0 Å². The SMILES string of the molecule is c1ccc(-c2ccc(-c3nc(-c4ccccc4)nc(-c4ccc5c(c4)-c4ccc6ccccc6c4C54C5CCC6CCC(C5)CC64)n3)cc2)cc1. The number of nitrogens with zero attached hydrogens (tertiary/aromatic N) is 3. The van der Waals surface area contributed by atoms with Crippen molar-refractivity contribution in [1.29, 1.82) is 0 Å². The summed E-state index contributed by atoms with van der Waals surface area (Å²) in [5.74, 6) is 5.24. The van der Waals surface area contributed by atoms with Crippen molar-refractivity contribution in [3.8, 4) is 56.4 Å². The first-order chi connectivity index (χ1) is 25.2. The Hall–Kier alpha value is -5.41. The Morgan fingerprint density at radius 2 is 1.08 bits per heavy atom. The minimum absolute atomic E-state index is 0.0872. The number of aromatic nitrogens is 3. The summed E-state index contributed by atoms with van der Waals surface area (Å²) in [7, 11) is 0. The summed E-state index contributed by atoms with van der Waals surface area (Å²) in [5, 5.41) is 2.82. The van der Waals surface area contributed by atoms with E-state index in [0.29, 0.717) is 23.5 Å². The van der Waals surface area contributed by atoms with E-state index in [-0.39, 0.29) is 5.41 Å². The largest absolute Gasteiger partial charge is 0.208 e. The molecule has 1 heterocycles. The third-order valence-corrected chi connectivity index (χ3v) is 13.1. The molecule has 4 aliphatic rings. The third-order valence-electron chi connectivity index (χ3n) is 13.1. The normalized spacial score (nSPS) is 24.1. The topological polar surface area (TPSA) is 38.7 Å². The molecule has 51 heavy (non-hydrogen) atoms. The van der Waals surface area contributed by atoms with Crippen molar-refractivity contribution in [1.82, 2.24) is 15.0 Å². The van der Waals surface area contributed by atoms with Gasteiger partial charge in [-0.3, -0.25) is 0 Å². The van der Waals surface area contributed by atoms with Gasteiger partial charge in [0.05, 0.1) is 0 Å². The van der Waals surface area contributed by atoms with Crippen molar-refractivity contribution in [3.63, 3.8) is 0 Å². The molecule has 3 saturated carbocycles. The van der Waals surface area contributed by atoms with Crippen LogP contribution in [0.5, 0.6) is 0 Å². The second-order valence-electron chi connectivity index (χ2n) is 15.5. The Morgan fingerprint density at radius 3 is 1.86 bits per heavy atom. The van der Waals surface area contributed by atoms with E-state index in [0.717, 1.165) is 34.4 Å². The Kier molecular flexibility index (Phi) is 6.50. The van der Waals surface area contributed by atoms with Crippen molar-refractivity contribution in [3.05, 3.63) is 151 Å². The van der Waals surface area contributed by atoms with Crippen molar-refractivity contribution < 1.29 is 0 Å².